The second-order valence-electron chi connectivity index (χ2n) is 5.40. The smallest absolute Gasteiger partial charge is 0.422 e. The second-order valence-corrected chi connectivity index (χ2v) is 5.40. The number of nitrogens with zero attached hydrogens (tertiary/aromatic N) is 1. The van der Waals surface area contributed by atoms with Crippen LogP contribution in [0.15, 0.2) is 18.3 Å². The number of hydrogen-bond acceptors (Lipinski definition) is 3. The average molecular weight is 288 g/mol. The van der Waals surface area contributed by atoms with E-state index in [2.05, 4.69) is 22.0 Å². The van der Waals surface area contributed by atoms with Crippen LogP contribution in [0.3, 0.4) is 0 Å². The maximum Gasteiger partial charge on any atom is 0.422 e. The fraction of sp³-hybridized carbons (Fsp3) is 0.643. The van der Waals surface area contributed by atoms with Crippen molar-refractivity contribution in [3.8, 4) is 5.88 Å². The first kappa shape index (κ1) is 14.9. The molecule has 112 valence electrons. The summed E-state index contributed by atoms with van der Waals surface area (Å²) in [6.07, 6.45) is 1.89. The Morgan fingerprint density at radius 3 is 2.75 bits per heavy atom. The molecule has 1 N–H and O–H groups in total. The van der Waals surface area contributed by atoms with Crippen molar-refractivity contribution in [2.75, 3.05) is 11.9 Å². The summed E-state index contributed by atoms with van der Waals surface area (Å²) < 4.78 is 40.6. The molecule has 6 heteroatoms. The number of alkyl halides is 3. The van der Waals surface area contributed by atoms with E-state index < -0.39 is 12.8 Å². The third kappa shape index (κ3) is 4.90. The lowest BCUT2D eigenvalue weighted by atomic mass is 9.87. The lowest BCUT2D eigenvalue weighted by Crippen LogP contribution is -2.26. The Kier molecular flexibility index (Phi) is 4.73. The van der Waals surface area contributed by atoms with E-state index >= 15 is 0 Å². The van der Waals surface area contributed by atoms with Crippen molar-refractivity contribution in [3.05, 3.63) is 18.3 Å². The molecule has 1 saturated carbocycles. The van der Waals surface area contributed by atoms with Gasteiger partial charge >= 0.3 is 6.18 Å². The van der Waals surface area contributed by atoms with Crippen LogP contribution in [0, 0.1) is 5.92 Å². The van der Waals surface area contributed by atoms with Crippen molar-refractivity contribution < 1.29 is 17.9 Å². The van der Waals surface area contributed by atoms with Gasteiger partial charge in [-0.05, 0) is 24.8 Å². The minimum atomic E-state index is -4.34. The summed E-state index contributed by atoms with van der Waals surface area (Å²) in [5.41, 5.74) is 0.823. The minimum absolute atomic E-state index is 0.00936. The molecule has 1 aliphatic rings. The maximum atomic E-state index is 12.0. The highest BCUT2D eigenvalue weighted by molar-refractivity contribution is 5.43. The molecule has 0 radical (unpaired) electrons. The number of halogens is 3. The molecule has 1 aliphatic carbocycles. The molecule has 1 fully saturated rings. The van der Waals surface area contributed by atoms with Gasteiger partial charge in [-0.2, -0.15) is 13.2 Å². The highest BCUT2D eigenvalue weighted by atomic mass is 19.4. The van der Waals surface area contributed by atoms with Gasteiger partial charge in [0.1, 0.15) is 0 Å². The zero-order valence-electron chi connectivity index (χ0n) is 11.4. The molecule has 2 atom stereocenters. The Balaban J connectivity index is 1.85. The monoisotopic (exact) mass is 288 g/mol. The zero-order chi connectivity index (χ0) is 14.6. The van der Waals surface area contributed by atoms with Crippen molar-refractivity contribution in [1.29, 1.82) is 0 Å². The van der Waals surface area contributed by atoms with Crippen LogP contribution in [0.5, 0.6) is 5.88 Å². The van der Waals surface area contributed by atoms with Crippen molar-refractivity contribution in [1.82, 2.24) is 4.98 Å². The number of pyridine rings is 1. The van der Waals surface area contributed by atoms with Crippen molar-refractivity contribution >= 4 is 5.69 Å². The largest absolute Gasteiger partial charge is 0.468 e. The van der Waals surface area contributed by atoms with Crippen LogP contribution in [0.4, 0.5) is 18.9 Å². The van der Waals surface area contributed by atoms with E-state index in [1.54, 1.807) is 6.07 Å². The summed E-state index contributed by atoms with van der Waals surface area (Å²) >= 11 is 0. The molecule has 2 rings (SSSR count). The summed E-state index contributed by atoms with van der Waals surface area (Å²) in [5, 5.41) is 3.37. The van der Waals surface area contributed by atoms with Crippen molar-refractivity contribution in [2.24, 2.45) is 5.92 Å². The molecule has 3 nitrogen and oxygen atoms in total. The average Bonchev–Trinajstić information content (AvgIpc) is 2.37. The third-order valence-electron chi connectivity index (χ3n) is 3.43. The minimum Gasteiger partial charge on any atom is -0.468 e. The van der Waals surface area contributed by atoms with Gasteiger partial charge < -0.3 is 10.1 Å². The van der Waals surface area contributed by atoms with Crippen molar-refractivity contribution in [2.45, 2.75) is 44.8 Å². The van der Waals surface area contributed by atoms with E-state index in [9.17, 15) is 13.2 Å². The van der Waals surface area contributed by atoms with Crippen molar-refractivity contribution in [3.63, 3.8) is 0 Å². The number of aromatic nitrogens is 1. The molecule has 1 aromatic rings. The molecule has 0 aliphatic heterocycles. The SMILES string of the molecule is CC1CCCC(Nc2ccc(OCC(F)(F)F)nc2)C1. The molecule has 0 aromatic carbocycles. The van der Waals surface area contributed by atoms with Gasteiger partial charge in [-0.15, -0.1) is 0 Å². The molecule has 0 bridgehead atoms. The summed E-state index contributed by atoms with van der Waals surface area (Å²) in [7, 11) is 0. The van der Waals surface area contributed by atoms with Gasteiger partial charge in [0, 0.05) is 12.1 Å². The summed E-state index contributed by atoms with van der Waals surface area (Å²) in [5.74, 6) is 0.702. The molecule has 2 unspecified atom stereocenters. The van der Waals surface area contributed by atoms with E-state index in [4.69, 9.17) is 0 Å². The lowest BCUT2D eigenvalue weighted by Gasteiger charge is -2.28. The Morgan fingerprint density at radius 2 is 2.15 bits per heavy atom. The standard InChI is InChI=1S/C14H19F3N2O/c1-10-3-2-4-11(7-10)19-12-5-6-13(18-8-12)20-9-14(15,16)17/h5-6,8,10-11,19H,2-4,7,9H2,1H3. The maximum absolute atomic E-state index is 12.0. The van der Waals surface area contributed by atoms with E-state index in [0.29, 0.717) is 12.0 Å². The van der Waals surface area contributed by atoms with Gasteiger partial charge in [-0.1, -0.05) is 19.8 Å². The zero-order valence-corrected chi connectivity index (χ0v) is 11.4. The highest BCUT2D eigenvalue weighted by Gasteiger charge is 2.28. The van der Waals surface area contributed by atoms with Crippen LogP contribution in [0.2, 0.25) is 0 Å². The Hall–Kier alpha value is -1.46. The molecule has 0 spiro atoms. The Bertz CT molecular complexity index is 419. The molecule has 1 heterocycles. The van der Waals surface area contributed by atoms with Crippen LogP contribution in [0.1, 0.15) is 32.6 Å². The van der Waals surface area contributed by atoms with Gasteiger partial charge in [0.25, 0.3) is 0 Å². The Morgan fingerprint density at radius 1 is 1.35 bits per heavy atom. The third-order valence-corrected chi connectivity index (χ3v) is 3.43. The topological polar surface area (TPSA) is 34.1 Å². The predicted molar refractivity (Wildman–Crippen MR) is 70.8 cm³/mol. The summed E-state index contributed by atoms with van der Waals surface area (Å²) in [4.78, 5) is 3.88. The fourth-order valence-electron chi connectivity index (χ4n) is 2.51. The first-order valence-corrected chi connectivity index (χ1v) is 6.84. The number of nitrogens with one attached hydrogen (secondary N) is 1. The van der Waals surface area contributed by atoms with E-state index in [1.165, 1.54) is 25.1 Å². The van der Waals surface area contributed by atoms with Crippen LogP contribution in [-0.4, -0.2) is 23.8 Å². The van der Waals surface area contributed by atoms with Gasteiger partial charge in [-0.3, -0.25) is 0 Å². The molecule has 1 aromatic heterocycles. The van der Waals surface area contributed by atoms with Crippen LogP contribution < -0.4 is 10.1 Å². The molecule has 0 amide bonds. The first-order chi connectivity index (χ1) is 9.42. The van der Waals surface area contributed by atoms with Crippen LogP contribution in [-0.2, 0) is 0 Å². The quantitative estimate of drug-likeness (QED) is 0.909. The normalized spacial score (nSPS) is 23.4. The number of ether oxygens (including phenoxy) is 1. The fourth-order valence-corrected chi connectivity index (χ4v) is 2.51. The number of anilines is 1. The Labute approximate surface area is 116 Å². The van der Waals surface area contributed by atoms with Gasteiger partial charge in [-0.25, -0.2) is 4.98 Å². The van der Waals surface area contributed by atoms with E-state index in [0.717, 1.165) is 18.5 Å². The van der Waals surface area contributed by atoms with Gasteiger partial charge in [0.2, 0.25) is 5.88 Å². The molecule has 0 saturated heterocycles. The van der Waals surface area contributed by atoms with E-state index in [1.807, 2.05) is 0 Å². The number of rotatable bonds is 4. The second kappa shape index (κ2) is 6.33. The highest BCUT2D eigenvalue weighted by Crippen LogP contribution is 2.26. The predicted octanol–water partition coefficient (Wildman–Crippen LogP) is 4.01. The first-order valence-electron chi connectivity index (χ1n) is 6.84. The van der Waals surface area contributed by atoms with Crippen LogP contribution in [0.25, 0.3) is 0 Å². The molecular weight excluding hydrogens is 269 g/mol. The number of hydrogen-bond donors (Lipinski definition) is 1. The summed E-state index contributed by atoms with van der Waals surface area (Å²) in [6.45, 7) is 0.924. The molecular formula is C14H19F3N2O. The molecule has 20 heavy (non-hydrogen) atoms. The van der Waals surface area contributed by atoms with Gasteiger partial charge in [0.15, 0.2) is 6.61 Å². The van der Waals surface area contributed by atoms with Gasteiger partial charge in [0.05, 0.1) is 11.9 Å². The van der Waals surface area contributed by atoms with E-state index in [-0.39, 0.29) is 5.88 Å². The lowest BCUT2D eigenvalue weighted by molar-refractivity contribution is -0.154. The van der Waals surface area contributed by atoms with Crippen LogP contribution >= 0.6 is 0 Å². The summed E-state index contributed by atoms with van der Waals surface area (Å²) in [6, 6.07) is 3.58.